The zero-order chi connectivity index (χ0) is 58.5. The van der Waals surface area contributed by atoms with E-state index in [2.05, 4.69) is 61.4 Å². The van der Waals surface area contributed by atoms with Crippen LogP contribution < -0.4 is 0 Å². The van der Waals surface area contributed by atoms with Crippen molar-refractivity contribution in [1.29, 1.82) is 0 Å². The quantitative estimate of drug-likeness (QED) is 0.0566. The Kier molecular flexibility index (Phi) is 62.8. The largest absolute Gasteiger partial charge is 0.344 e. The third kappa shape index (κ3) is 57.2. The lowest BCUT2D eigenvalue weighted by molar-refractivity contribution is -0.133. The van der Waals surface area contributed by atoms with Crippen molar-refractivity contribution in [1.82, 2.24) is 29.4 Å². The molecule has 0 fully saturated rings. The van der Waals surface area contributed by atoms with Gasteiger partial charge in [0.2, 0.25) is 11.8 Å². The van der Waals surface area contributed by atoms with E-state index in [0.29, 0.717) is 25.9 Å². The summed E-state index contributed by atoms with van der Waals surface area (Å²) < 4.78 is 0. The van der Waals surface area contributed by atoms with Crippen LogP contribution in [0.3, 0.4) is 0 Å². The second-order valence-corrected chi connectivity index (χ2v) is 26.0. The van der Waals surface area contributed by atoms with Crippen molar-refractivity contribution in [2.75, 3.05) is 107 Å². The van der Waals surface area contributed by atoms with E-state index in [9.17, 15) is 9.59 Å². The van der Waals surface area contributed by atoms with Gasteiger partial charge >= 0.3 is 0 Å². The standard InChI is InChI=1S/C72H148N6O2/c1-9-13-17-21-25-29-33-37-41-45-49-53-59-77(60-54-50-46-42-38-34-30-26-22-18-14-10-2)69-65-73(5)63-57-71(79)75(7)67-68-76(8)72(80)58-64-74(6)66-70-78(61-55-51-47-43-39-35-31-27-23-19-15-11-3)62-56-52-48-44-40-36-32-28-24-20-16-12-4/h9-70H2,1-8H3. The predicted octanol–water partition coefficient (Wildman–Crippen LogP) is 20.0. The summed E-state index contributed by atoms with van der Waals surface area (Å²) in [7, 11) is 8.22. The van der Waals surface area contributed by atoms with Crippen LogP contribution in [0.25, 0.3) is 0 Å². The summed E-state index contributed by atoms with van der Waals surface area (Å²) in [6.45, 7) is 21.0. The highest BCUT2D eigenvalue weighted by Crippen LogP contribution is 2.17. The van der Waals surface area contributed by atoms with Gasteiger partial charge in [-0.05, 0) is 66.0 Å². The molecule has 0 spiro atoms. The van der Waals surface area contributed by atoms with Crippen molar-refractivity contribution >= 4 is 11.8 Å². The average Bonchev–Trinajstić information content (AvgIpc) is 3.46. The number of carbonyl (C=O) groups is 2. The van der Waals surface area contributed by atoms with Gasteiger partial charge in [-0.2, -0.15) is 0 Å². The van der Waals surface area contributed by atoms with E-state index < -0.39 is 0 Å². The Bertz CT molecular complexity index is 1090. The molecule has 80 heavy (non-hydrogen) atoms. The molecule has 0 aliphatic rings. The average molecular weight is 1130 g/mol. The Hall–Kier alpha value is -1.22. The smallest absolute Gasteiger partial charge is 0.223 e. The first-order valence-electron chi connectivity index (χ1n) is 36.5. The van der Waals surface area contributed by atoms with E-state index in [4.69, 9.17) is 0 Å². The molecule has 0 bridgehead atoms. The van der Waals surface area contributed by atoms with Crippen LogP contribution in [0.4, 0.5) is 0 Å². The molecule has 0 rings (SSSR count). The fourth-order valence-corrected chi connectivity index (χ4v) is 11.7. The van der Waals surface area contributed by atoms with Crippen LogP contribution in [0.2, 0.25) is 0 Å². The van der Waals surface area contributed by atoms with E-state index in [0.717, 1.165) is 39.3 Å². The van der Waals surface area contributed by atoms with Gasteiger partial charge in [0.1, 0.15) is 0 Å². The van der Waals surface area contributed by atoms with Gasteiger partial charge in [0, 0.05) is 79.3 Å². The molecule has 0 aliphatic heterocycles. The first-order chi connectivity index (χ1) is 39.2. The molecule has 0 N–H and O–H groups in total. The van der Waals surface area contributed by atoms with Crippen LogP contribution in [-0.2, 0) is 9.59 Å². The van der Waals surface area contributed by atoms with E-state index in [-0.39, 0.29) is 11.8 Å². The van der Waals surface area contributed by atoms with Crippen molar-refractivity contribution in [3.8, 4) is 0 Å². The Morgan fingerprint density at radius 1 is 0.200 bits per heavy atom. The summed E-state index contributed by atoms with van der Waals surface area (Å²) in [5.41, 5.74) is 0. The molecule has 0 unspecified atom stereocenters. The molecule has 8 nitrogen and oxygen atoms in total. The second kappa shape index (κ2) is 63.8. The van der Waals surface area contributed by atoms with Crippen molar-refractivity contribution in [2.45, 2.75) is 349 Å². The zero-order valence-electron chi connectivity index (χ0n) is 56.3. The molecule has 0 aliphatic carbocycles. The fourth-order valence-electron chi connectivity index (χ4n) is 11.7. The van der Waals surface area contributed by atoms with E-state index in [1.807, 2.05) is 23.9 Å². The Labute approximate surface area is 504 Å². The summed E-state index contributed by atoms with van der Waals surface area (Å²) in [5.74, 6) is 0.359. The number of hydrogen-bond acceptors (Lipinski definition) is 6. The monoisotopic (exact) mass is 1130 g/mol. The molecule has 0 aromatic heterocycles. The normalized spacial score (nSPS) is 11.9. The van der Waals surface area contributed by atoms with Crippen LogP contribution in [-0.4, -0.2) is 148 Å². The van der Waals surface area contributed by atoms with Gasteiger partial charge in [0.25, 0.3) is 0 Å². The minimum Gasteiger partial charge on any atom is -0.344 e. The highest BCUT2D eigenvalue weighted by molar-refractivity contribution is 5.77. The van der Waals surface area contributed by atoms with Crippen LogP contribution in [0.1, 0.15) is 349 Å². The molecule has 8 heteroatoms. The summed E-state index contributed by atoms with van der Waals surface area (Å²) >= 11 is 0. The molecular formula is C72H148N6O2. The molecule has 0 atom stereocenters. The molecule has 2 amide bonds. The fraction of sp³-hybridized carbons (Fsp3) is 0.972. The molecule has 0 heterocycles. The summed E-state index contributed by atoms with van der Waals surface area (Å²) in [6.07, 6.45) is 68.2. The third-order valence-electron chi connectivity index (χ3n) is 17.9. The van der Waals surface area contributed by atoms with Gasteiger partial charge in [0.05, 0.1) is 0 Å². The summed E-state index contributed by atoms with van der Waals surface area (Å²) in [6, 6.07) is 0. The van der Waals surface area contributed by atoms with Gasteiger partial charge in [-0.3, -0.25) is 9.59 Å². The van der Waals surface area contributed by atoms with Gasteiger partial charge in [-0.1, -0.05) is 310 Å². The SMILES string of the molecule is CCCCCCCCCCCCCCN(CCCCCCCCCCCCCC)CCN(C)CCC(=O)N(C)CCN(C)C(=O)CCN(C)CCN(CCCCCCCCCCCCCC)CCCCCCCCCCCCCC. The first-order valence-corrected chi connectivity index (χ1v) is 36.5. The summed E-state index contributed by atoms with van der Waals surface area (Å²) in [4.78, 5) is 40.5. The van der Waals surface area contributed by atoms with Crippen molar-refractivity contribution in [3.63, 3.8) is 0 Å². The lowest BCUT2D eigenvalue weighted by Crippen LogP contribution is -2.40. The van der Waals surface area contributed by atoms with E-state index in [1.54, 1.807) is 0 Å². The minimum absolute atomic E-state index is 0.179. The number of unbranched alkanes of at least 4 members (excludes halogenated alkanes) is 44. The number of rotatable bonds is 67. The molecular weight excluding hydrogens is 981 g/mol. The highest BCUT2D eigenvalue weighted by Gasteiger charge is 2.16. The van der Waals surface area contributed by atoms with Crippen LogP contribution in [0.5, 0.6) is 0 Å². The third-order valence-corrected chi connectivity index (χ3v) is 17.9. The van der Waals surface area contributed by atoms with Crippen molar-refractivity contribution < 1.29 is 9.59 Å². The van der Waals surface area contributed by atoms with Gasteiger partial charge in [-0.15, -0.1) is 0 Å². The minimum atomic E-state index is 0.179. The lowest BCUT2D eigenvalue weighted by Gasteiger charge is -2.27. The maximum atomic E-state index is 13.3. The Morgan fingerprint density at radius 2 is 0.375 bits per heavy atom. The molecule has 0 radical (unpaired) electrons. The zero-order valence-corrected chi connectivity index (χ0v) is 56.3. The van der Waals surface area contributed by atoms with Gasteiger partial charge in [-0.25, -0.2) is 0 Å². The molecule has 478 valence electrons. The number of nitrogens with zero attached hydrogens (tertiary/aromatic N) is 6. The van der Waals surface area contributed by atoms with Crippen molar-refractivity contribution in [3.05, 3.63) is 0 Å². The predicted molar refractivity (Wildman–Crippen MR) is 357 cm³/mol. The van der Waals surface area contributed by atoms with Gasteiger partial charge in [0.15, 0.2) is 0 Å². The van der Waals surface area contributed by atoms with Gasteiger partial charge < -0.3 is 29.4 Å². The van der Waals surface area contributed by atoms with E-state index in [1.165, 1.54) is 334 Å². The van der Waals surface area contributed by atoms with Crippen LogP contribution in [0.15, 0.2) is 0 Å². The number of amides is 2. The topological polar surface area (TPSA) is 53.6 Å². The Balaban J connectivity index is 4.73. The van der Waals surface area contributed by atoms with Crippen LogP contribution >= 0.6 is 0 Å². The molecule has 0 saturated carbocycles. The molecule has 0 saturated heterocycles. The lowest BCUT2D eigenvalue weighted by atomic mass is 10.0. The van der Waals surface area contributed by atoms with Crippen molar-refractivity contribution in [2.24, 2.45) is 0 Å². The maximum absolute atomic E-state index is 13.3. The molecule has 0 aromatic carbocycles. The highest BCUT2D eigenvalue weighted by atomic mass is 16.2. The summed E-state index contributed by atoms with van der Waals surface area (Å²) in [5, 5.41) is 0. The van der Waals surface area contributed by atoms with E-state index >= 15 is 0 Å². The maximum Gasteiger partial charge on any atom is 0.223 e. The number of hydrogen-bond donors (Lipinski definition) is 0. The second-order valence-electron chi connectivity index (χ2n) is 26.0. The Morgan fingerprint density at radius 3 is 0.562 bits per heavy atom. The van der Waals surface area contributed by atoms with Crippen LogP contribution in [0, 0.1) is 0 Å². The first kappa shape index (κ1) is 78.8. The number of likely N-dealkylation sites (N-methyl/N-ethyl adjacent to an activating group) is 4. The number of carbonyl (C=O) groups excluding carboxylic acids is 2. The molecule has 0 aromatic rings.